The minimum Gasteiger partial charge on any atom is -0.399 e. The zero-order valence-electron chi connectivity index (χ0n) is 7.39. The van der Waals surface area contributed by atoms with Crippen LogP contribution in [0.4, 0.5) is 5.69 Å². The maximum atomic E-state index is 5.70. The standard InChI is InChI=1S/C10H15N/c1-7(2)9-4-8(3)5-10(11)6-9/h4-7H,11H2,1-3H3. The molecule has 0 fully saturated rings. The Morgan fingerprint density at radius 2 is 1.82 bits per heavy atom. The third-order valence-electron chi connectivity index (χ3n) is 1.79. The maximum Gasteiger partial charge on any atom is 0.0319 e. The van der Waals surface area contributed by atoms with E-state index in [0.29, 0.717) is 5.92 Å². The molecule has 0 saturated carbocycles. The smallest absolute Gasteiger partial charge is 0.0319 e. The van der Waals surface area contributed by atoms with E-state index in [-0.39, 0.29) is 0 Å². The SMILES string of the molecule is Cc1cc(N)cc(C(C)C)c1. The lowest BCUT2D eigenvalue weighted by Crippen LogP contribution is -1.92. The molecule has 0 saturated heterocycles. The molecule has 0 heterocycles. The lowest BCUT2D eigenvalue weighted by atomic mass is 10.0. The van der Waals surface area contributed by atoms with Crippen LogP contribution < -0.4 is 5.73 Å². The first-order valence-electron chi connectivity index (χ1n) is 3.96. The number of benzene rings is 1. The molecule has 1 heteroatoms. The Labute approximate surface area is 68.2 Å². The third-order valence-corrected chi connectivity index (χ3v) is 1.79. The summed E-state index contributed by atoms with van der Waals surface area (Å²) in [4.78, 5) is 0. The first-order chi connectivity index (χ1) is 5.09. The zero-order valence-corrected chi connectivity index (χ0v) is 7.39. The van der Waals surface area contributed by atoms with E-state index in [1.807, 2.05) is 12.1 Å². The second-order valence-corrected chi connectivity index (χ2v) is 3.33. The molecule has 1 aromatic carbocycles. The van der Waals surface area contributed by atoms with Crippen LogP contribution >= 0.6 is 0 Å². The summed E-state index contributed by atoms with van der Waals surface area (Å²) in [5.74, 6) is 0.567. The Balaban J connectivity index is 3.08. The van der Waals surface area contributed by atoms with Crippen LogP contribution in [0.2, 0.25) is 0 Å². The summed E-state index contributed by atoms with van der Waals surface area (Å²) in [5, 5.41) is 0. The predicted molar refractivity (Wildman–Crippen MR) is 49.7 cm³/mol. The molecule has 1 nitrogen and oxygen atoms in total. The van der Waals surface area contributed by atoms with Gasteiger partial charge in [0.2, 0.25) is 0 Å². The summed E-state index contributed by atoms with van der Waals surface area (Å²) in [5.41, 5.74) is 9.13. The lowest BCUT2D eigenvalue weighted by molar-refractivity contribution is 0.865. The molecule has 0 aliphatic heterocycles. The van der Waals surface area contributed by atoms with Gasteiger partial charge in [-0.05, 0) is 36.1 Å². The molecule has 11 heavy (non-hydrogen) atoms. The minimum absolute atomic E-state index is 0.567. The van der Waals surface area contributed by atoms with E-state index in [2.05, 4.69) is 26.8 Å². The fourth-order valence-electron chi connectivity index (χ4n) is 1.18. The molecule has 0 aliphatic rings. The van der Waals surface area contributed by atoms with Crippen LogP contribution in [-0.4, -0.2) is 0 Å². The van der Waals surface area contributed by atoms with E-state index in [4.69, 9.17) is 5.73 Å². The lowest BCUT2D eigenvalue weighted by Gasteiger charge is -2.07. The van der Waals surface area contributed by atoms with Gasteiger partial charge in [0, 0.05) is 5.69 Å². The molecule has 0 bridgehead atoms. The summed E-state index contributed by atoms with van der Waals surface area (Å²) in [7, 11) is 0. The quantitative estimate of drug-likeness (QED) is 0.610. The van der Waals surface area contributed by atoms with Crippen molar-refractivity contribution in [2.45, 2.75) is 26.7 Å². The van der Waals surface area contributed by atoms with Crippen LogP contribution in [0.1, 0.15) is 30.9 Å². The first kappa shape index (κ1) is 8.12. The Bertz CT molecular complexity index is 231. The summed E-state index contributed by atoms with van der Waals surface area (Å²) in [6.45, 7) is 6.42. The Morgan fingerprint density at radius 1 is 1.18 bits per heavy atom. The third kappa shape index (κ3) is 1.97. The molecule has 2 N–H and O–H groups in total. The van der Waals surface area contributed by atoms with Gasteiger partial charge in [0.15, 0.2) is 0 Å². The largest absolute Gasteiger partial charge is 0.399 e. The number of nitrogens with two attached hydrogens (primary N) is 1. The van der Waals surface area contributed by atoms with E-state index >= 15 is 0 Å². The molecule has 1 rings (SSSR count). The van der Waals surface area contributed by atoms with Crippen LogP contribution in [0.5, 0.6) is 0 Å². The van der Waals surface area contributed by atoms with Crippen molar-refractivity contribution >= 4 is 5.69 Å². The van der Waals surface area contributed by atoms with Gasteiger partial charge in [0.1, 0.15) is 0 Å². The number of aryl methyl sites for hydroxylation is 1. The van der Waals surface area contributed by atoms with Crippen molar-refractivity contribution in [2.75, 3.05) is 5.73 Å². The highest BCUT2D eigenvalue weighted by Crippen LogP contribution is 2.18. The van der Waals surface area contributed by atoms with Gasteiger partial charge in [-0.25, -0.2) is 0 Å². The van der Waals surface area contributed by atoms with Crippen LogP contribution in [0, 0.1) is 6.92 Å². The fourth-order valence-corrected chi connectivity index (χ4v) is 1.18. The molecule has 0 spiro atoms. The van der Waals surface area contributed by atoms with Crippen molar-refractivity contribution in [2.24, 2.45) is 0 Å². The van der Waals surface area contributed by atoms with Gasteiger partial charge >= 0.3 is 0 Å². The highest BCUT2D eigenvalue weighted by molar-refractivity contribution is 5.45. The second kappa shape index (κ2) is 2.95. The van der Waals surface area contributed by atoms with Crippen molar-refractivity contribution in [1.82, 2.24) is 0 Å². The Morgan fingerprint density at radius 3 is 2.27 bits per heavy atom. The van der Waals surface area contributed by atoms with E-state index in [1.165, 1.54) is 11.1 Å². The molecule has 60 valence electrons. The topological polar surface area (TPSA) is 26.0 Å². The molecule has 0 aliphatic carbocycles. The Hall–Kier alpha value is -0.980. The van der Waals surface area contributed by atoms with E-state index in [1.54, 1.807) is 0 Å². The average molecular weight is 149 g/mol. The van der Waals surface area contributed by atoms with Gasteiger partial charge in [-0.2, -0.15) is 0 Å². The van der Waals surface area contributed by atoms with Crippen LogP contribution in [-0.2, 0) is 0 Å². The van der Waals surface area contributed by atoms with E-state index in [9.17, 15) is 0 Å². The normalized spacial score (nSPS) is 10.5. The molecule has 1 aromatic rings. The van der Waals surface area contributed by atoms with Crippen LogP contribution in [0.25, 0.3) is 0 Å². The highest BCUT2D eigenvalue weighted by Gasteiger charge is 1.99. The predicted octanol–water partition coefficient (Wildman–Crippen LogP) is 2.70. The molecule has 0 radical (unpaired) electrons. The van der Waals surface area contributed by atoms with Crippen molar-refractivity contribution < 1.29 is 0 Å². The first-order valence-corrected chi connectivity index (χ1v) is 3.96. The number of nitrogen functional groups attached to an aromatic ring is 1. The number of anilines is 1. The molecule has 0 amide bonds. The van der Waals surface area contributed by atoms with Gasteiger partial charge < -0.3 is 5.73 Å². The van der Waals surface area contributed by atoms with Crippen LogP contribution in [0.3, 0.4) is 0 Å². The van der Waals surface area contributed by atoms with E-state index in [0.717, 1.165) is 5.69 Å². The fraction of sp³-hybridized carbons (Fsp3) is 0.400. The molecule has 0 aromatic heterocycles. The van der Waals surface area contributed by atoms with Gasteiger partial charge in [0.05, 0.1) is 0 Å². The van der Waals surface area contributed by atoms with Crippen molar-refractivity contribution in [3.8, 4) is 0 Å². The summed E-state index contributed by atoms with van der Waals surface area (Å²) in [6, 6.07) is 6.21. The summed E-state index contributed by atoms with van der Waals surface area (Å²) >= 11 is 0. The van der Waals surface area contributed by atoms with E-state index < -0.39 is 0 Å². The van der Waals surface area contributed by atoms with Gasteiger partial charge in [-0.3, -0.25) is 0 Å². The molecule has 0 atom stereocenters. The monoisotopic (exact) mass is 149 g/mol. The molecular weight excluding hydrogens is 134 g/mol. The molecular formula is C10H15N. The minimum atomic E-state index is 0.567. The number of rotatable bonds is 1. The molecule has 0 unspecified atom stereocenters. The van der Waals surface area contributed by atoms with Gasteiger partial charge in [-0.1, -0.05) is 19.9 Å². The van der Waals surface area contributed by atoms with Gasteiger partial charge in [-0.15, -0.1) is 0 Å². The van der Waals surface area contributed by atoms with Crippen molar-refractivity contribution in [1.29, 1.82) is 0 Å². The van der Waals surface area contributed by atoms with Crippen molar-refractivity contribution in [3.05, 3.63) is 29.3 Å². The Kier molecular flexibility index (Phi) is 2.18. The highest BCUT2D eigenvalue weighted by atomic mass is 14.5. The van der Waals surface area contributed by atoms with Crippen LogP contribution in [0.15, 0.2) is 18.2 Å². The maximum absolute atomic E-state index is 5.70. The summed E-state index contributed by atoms with van der Waals surface area (Å²) in [6.07, 6.45) is 0. The summed E-state index contributed by atoms with van der Waals surface area (Å²) < 4.78 is 0. The number of hydrogen-bond donors (Lipinski definition) is 1. The second-order valence-electron chi connectivity index (χ2n) is 3.33. The van der Waals surface area contributed by atoms with Gasteiger partial charge in [0.25, 0.3) is 0 Å². The van der Waals surface area contributed by atoms with Crippen molar-refractivity contribution in [3.63, 3.8) is 0 Å². The average Bonchev–Trinajstić information content (AvgIpc) is 1.85. The zero-order chi connectivity index (χ0) is 8.43. The number of hydrogen-bond acceptors (Lipinski definition) is 1.